The van der Waals surface area contributed by atoms with E-state index in [4.69, 9.17) is 0 Å². The van der Waals surface area contributed by atoms with E-state index in [2.05, 4.69) is 47.4 Å². The van der Waals surface area contributed by atoms with Crippen LogP contribution in [0.1, 0.15) is 0 Å². The van der Waals surface area contributed by atoms with E-state index in [9.17, 15) is 5.11 Å². The Hall–Kier alpha value is -2.32. The summed E-state index contributed by atoms with van der Waals surface area (Å²) in [6, 6.07) is 8.72. The molecule has 3 heterocycles. The molecule has 124 valence electrons. The van der Waals surface area contributed by atoms with Crippen molar-refractivity contribution >= 4 is 50.8 Å². The predicted molar refractivity (Wildman–Crippen MR) is 108 cm³/mol. The van der Waals surface area contributed by atoms with Crippen molar-refractivity contribution in [2.24, 2.45) is 0 Å². The zero-order valence-electron chi connectivity index (χ0n) is 12.8. The first-order valence-electron chi connectivity index (χ1n) is 7.32. The van der Waals surface area contributed by atoms with Crippen LogP contribution in [0.15, 0.2) is 55.1 Å². The molecule has 0 saturated heterocycles. The average Bonchev–Trinajstić information content (AvgIpc) is 3.09. The van der Waals surface area contributed by atoms with Gasteiger partial charge >= 0.3 is 0 Å². The number of hydrogen-bond donors (Lipinski definition) is 2. The first-order valence-corrected chi connectivity index (χ1v) is 11.4. The van der Waals surface area contributed by atoms with Crippen LogP contribution in [-0.2, 0) is 0 Å². The summed E-state index contributed by atoms with van der Waals surface area (Å²) >= 11 is 2.27. The van der Waals surface area contributed by atoms with E-state index in [1.54, 1.807) is 36.8 Å². The molecule has 4 rings (SSSR count). The standard InChI is InChI=1S/C16H12IN6OP/c17-25-23-9-11(7-19-23)20-16-13-8-18-5-4-14(13)21-15(22-16)10-2-1-3-12(24)6-10/h1-9,24-25H,(H,20,21,22). The van der Waals surface area contributed by atoms with E-state index in [0.29, 0.717) is 18.0 Å². The Morgan fingerprint density at radius 1 is 1.16 bits per heavy atom. The van der Waals surface area contributed by atoms with Crippen molar-refractivity contribution in [2.45, 2.75) is 0 Å². The number of aromatic nitrogens is 5. The number of nitrogens with zero attached hydrogens (tertiary/aromatic N) is 5. The van der Waals surface area contributed by atoms with Crippen LogP contribution in [0, 0.1) is 0 Å². The van der Waals surface area contributed by atoms with Crippen LogP contribution < -0.4 is 5.32 Å². The van der Waals surface area contributed by atoms with E-state index >= 15 is 0 Å². The first kappa shape index (κ1) is 16.2. The molecule has 7 nitrogen and oxygen atoms in total. The number of halogens is 1. The van der Waals surface area contributed by atoms with Gasteiger partial charge in [0.05, 0.1) is 35.4 Å². The molecule has 4 aromatic rings. The predicted octanol–water partition coefficient (Wildman–Crippen LogP) is 4.13. The molecule has 0 fully saturated rings. The van der Waals surface area contributed by atoms with Gasteiger partial charge in [-0.1, -0.05) is 12.1 Å². The summed E-state index contributed by atoms with van der Waals surface area (Å²) in [6.07, 6.45) is 7.63. The number of pyridine rings is 1. The number of aromatic hydroxyl groups is 1. The molecule has 3 aromatic heterocycles. The van der Waals surface area contributed by atoms with Gasteiger partial charge in [-0.15, -0.1) is 0 Å². The summed E-state index contributed by atoms with van der Waals surface area (Å²) in [5.41, 5.74) is 2.36. The number of anilines is 2. The van der Waals surface area contributed by atoms with Crippen molar-refractivity contribution in [1.29, 1.82) is 0 Å². The van der Waals surface area contributed by atoms with Crippen molar-refractivity contribution in [3.05, 3.63) is 55.1 Å². The van der Waals surface area contributed by atoms with Crippen molar-refractivity contribution in [2.75, 3.05) is 5.32 Å². The second-order valence-corrected chi connectivity index (χ2v) is 7.30. The molecule has 0 aliphatic rings. The smallest absolute Gasteiger partial charge is 0.162 e. The van der Waals surface area contributed by atoms with Crippen LogP contribution in [-0.4, -0.2) is 29.6 Å². The number of rotatable bonds is 4. The fourth-order valence-electron chi connectivity index (χ4n) is 2.41. The average molecular weight is 462 g/mol. The molecular formula is C16H12IN6OP. The third-order valence-electron chi connectivity index (χ3n) is 3.53. The number of nitrogens with one attached hydrogen (secondary N) is 1. The number of fused-ring (bicyclic) bond motifs is 1. The fraction of sp³-hybridized carbons (Fsp3) is 0. The lowest BCUT2D eigenvalue weighted by Gasteiger charge is -2.09. The minimum absolute atomic E-state index is 0.176. The molecule has 1 aromatic carbocycles. The normalized spacial score (nSPS) is 11.4. The van der Waals surface area contributed by atoms with Gasteiger partial charge in [-0.05, 0) is 40.2 Å². The van der Waals surface area contributed by atoms with Gasteiger partial charge in [0.25, 0.3) is 0 Å². The molecule has 2 N–H and O–H groups in total. The molecule has 0 aliphatic carbocycles. The number of phenolic OH excluding ortho intramolecular Hbond substituents is 1. The lowest BCUT2D eigenvalue weighted by Crippen LogP contribution is -1.99. The Morgan fingerprint density at radius 2 is 2.08 bits per heavy atom. The van der Waals surface area contributed by atoms with Gasteiger partial charge in [0.1, 0.15) is 11.6 Å². The summed E-state index contributed by atoms with van der Waals surface area (Å²) in [6.45, 7) is 0. The molecule has 0 aliphatic heterocycles. The molecule has 1 atom stereocenters. The van der Waals surface area contributed by atoms with Gasteiger partial charge in [-0.3, -0.25) is 4.98 Å². The van der Waals surface area contributed by atoms with Crippen molar-refractivity contribution in [3.8, 4) is 17.1 Å². The lowest BCUT2D eigenvalue weighted by atomic mass is 10.2. The SMILES string of the molecule is Oc1cccc(-c2nc(Nc3cnn(PI)c3)c3cnccc3n2)c1. The maximum Gasteiger partial charge on any atom is 0.162 e. The lowest BCUT2D eigenvalue weighted by molar-refractivity contribution is 0.475. The Bertz CT molecular complexity index is 1050. The second-order valence-electron chi connectivity index (χ2n) is 5.22. The summed E-state index contributed by atoms with van der Waals surface area (Å²) in [7, 11) is 0. The number of benzene rings is 1. The highest BCUT2D eigenvalue weighted by Crippen LogP contribution is 2.29. The molecule has 9 heteroatoms. The Morgan fingerprint density at radius 3 is 2.88 bits per heavy atom. The molecule has 0 amide bonds. The monoisotopic (exact) mass is 462 g/mol. The molecular weight excluding hydrogens is 450 g/mol. The molecule has 1 unspecified atom stereocenters. The summed E-state index contributed by atoms with van der Waals surface area (Å²) in [5, 5.41) is 18.1. The zero-order chi connectivity index (χ0) is 17.2. The third kappa shape index (κ3) is 3.40. The summed E-state index contributed by atoms with van der Waals surface area (Å²) in [4.78, 5) is 13.4. The van der Waals surface area contributed by atoms with Gasteiger partial charge in [-0.2, -0.15) is 5.10 Å². The third-order valence-corrected chi connectivity index (χ3v) is 5.43. The van der Waals surface area contributed by atoms with Crippen LogP contribution in [0.3, 0.4) is 0 Å². The van der Waals surface area contributed by atoms with E-state index in [0.717, 1.165) is 22.2 Å². The first-order chi connectivity index (χ1) is 12.2. The number of phenols is 1. The van der Waals surface area contributed by atoms with Crippen molar-refractivity contribution in [3.63, 3.8) is 0 Å². The maximum atomic E-state index is 9.73. The van der Waals surface area contributed by atoms with Crippen molar-refractivity contribution < 1.29 is 5.11 Å². The van der Waals surface area contributed by atoms with Gasteiger partial charge in [-0.25, -0.2) is 14.4 Å². The largest absolute Gasteiger partial charge is 0.508 e. The van der Waals surface area contributed by atoms with Crippen LogP contribution in [0.4, 0.5) is 11.5 Å². The van der Waals surface area contributed by atoms with Crippen LogP contribution in [0.5, 0.6) is 5.75 Å². The van der Waals surface area contributed by atoms with E-state index in [-0.39, 0.29) is 5.75 Å². The molecule has 25 heavy (non-hydrogen) atoms. The topological polar surface area (TPSA) is 88.8 Å². The van der Waals surface area contributed by atoms with Crippen LogP contribution in [0.2, 0.25) is 0 Å². The second kappa shape index (κ2) is 6.89. The van der Waals surface area contributed by atoms with Gasteiger partial charge in [0.15, 0.2) is 5.82 Å². The highest BCUT2D eigenvalue weighted by atomic mass is 127. The molecule has 0 saturated carbocycles. The Balaban J connectivity index is 1.83. The fourth-order valence-corrected chi connectivity index (χ4v) is 3.49. The highest BCUT2D eigenvalue weighted by molar-refractivity contribution is 14.2. The van der Waals surface area contributed by atoms with Crippen LogP contribution >= 0.6 is 28.4 Å². The quantitative estimate of drug-likeness (QED) is 0.351. The van der Waals surface area contributed by atoms with E-state index in [1.165, 1.54) is 0 Å². The maximum absolute atomic E-state index is 9.73. The molecule has 0 spiro atoms. The zero-order valence-corrected chi connectivity index (χ0v) is 15.9. The molecule has 0 radical (unpaired) electrons. The van der Waals surface area contributed by atoms with Gasteiger partial charge in [0.2, 0.25) is 0 Å². The Labute approximate surface area is 157 Å². The van der Waals surface area contributed by atoms with Gasteiger partial charge < -0.3 is 10.4 Å². The van der Waals surface area contributed by atoms with E-state index < -0.39 is 0 Å². The minimum atomic E-state index is 0.176. The minimum Gasteiger partial charge on any atom is -0.508 e. The highest BCUT2D eigenvalue weighted by Gasteiger charge is 2.11. The Kier molecular flexibility index (Phi) is 4.46. The van der Waals surface area contributed by atoms with Gasteiger partial charge in [0, 0.05) is 18.0 Å². The summed E-state index contributed by atoms with van der Waals surface area (Å²) in [5.74, 6) is 1.35. The van der Waals surface area contributed by atoms with Crippen LogP contribution in [0.25, 0.3) is 22.3 Å². The molecule has 0 bridgehead atoms. The van der Waals surface area contributed by atoms with E-state index in [1.807, 2.05) is 22.8 Å². The van der Waals surface area contributed by atoms with Crippen molar-refractivity contribution in [1.82, 2.24) is 24.5 Å². The summed E-state index contributed by atoms with van der Waals surface area (Å²) < 4.78 is 1.85. The number of hydrogen-bond acceptors (Lipinski definition) is 6.